The predicted molar refractivity (Wildman–Crippen MR) is 68.2 cm³/mol. The summed E-state index contributed by atoms with van der Waals surface area (Å²) in [7, 11) is 0. The summed E-state index contributed by atoms with van der Waals surface area (Å²) < 4.78 is 2.24. The largest absolute Gasteiger partial charge is 0.334 e. The number of imidazole rings is 1. The number of nitrogens with zero attached hydrogens (tertiary/aromatic N) is 2. The molecule has 0 fully saturated rings. The fourth-order valence-corrected chi connectivity index (χ4v) is 1.62. The summed E-state index contributed by atoms with van der Waals surface area (Å²) >= 11 is 0. The molecule has 3 nitrogen and oxygen atoms in total. The smallest absolute Gasteiger partial charge is 0.122 e. The number of hydrogen-bond acceptors (Lipinski definition) is 2. The van der Waals surface area contributed by atoms with Crippen LogP contribution in [0.4, 0.5) is 0 Å². The van der Waals surface area contributed by atoms with E-state index < -0.39 is 0 Å². The van der Waals surface area contributed by atoms with E-state index in [0.29, 0.717) is 11.3 Å². The van der Waals surface area contributed by atoms with Gasteiger partial charge in [-0.2, -0.15) is 0 Å². The van der Waals surface area contributed by atoms with Gasteiger partial charge in [0, 0.05) is 25.5 Å². The van der Waals surface area contributed by atoms with E-state index in [1.54, 1.807) is 0 Å². The lowest BCUT2D eigenvalue weighted by molar-refractivity contribution is 0.373. The molecule has 0 spiro atoms. The molecule has 0 radical (unpaired) electrons. The van der Waals surface area contributed by atoms with Crippen LogP contribution in [0.25, 0.3) is 0 Å². The summed E-state index contributed by atoms with van der Waals surface area (Å²) in [6, 6.07) is 0. The summed E-state index contributed by atoms with van der Waals surface area (Å²) in [5.74, 6) is 1.80. The van der Waals surface area contributed by atoms with Gasteiger partial charge in [0.25, 0.3) is 0 Å². The molecule has 92 valence electrons. The zero-order chi connectivity index (χ0) is 12.2. The Bertz CT molecular complexity index is 307. The molecule has 1 heterocycles. The Morgan fingerprint density at radius 2 is 2.06 bits per heavy atom. The zero-order valence-electron chi connectivity index (χ0n) is 11.2. The van der Waals surface area contributed by atoms with Crippen LogP contribution in [-0.4, -0.2) is 16.1 Å². The highest BCUT2D eigenvalue weighted by Crippen LogP contribution is 2.11. The summed E-state index contributed by atoms with van der Waals surface area (Å²) in [4.78, 5) is 4.39. The maximum absolute atomic E-state index is 4.39. The van der Waals surface area contributed by atoms with Crippen LogP contribution in [0, 0.1) is 11.3 Å². The maximum Gasteiger partial charge on any atom is 0.122 e. The van der Waals surface area contributed by atoms with Crippen molar-refractivity contribution in [1.82, 2.24) is 14.9 Å². The Labute approximate surface area is 99.3 Å². The van der Waals surface area contributed by atoms with Crippen molar-refractivity contribution in [2.75, 3.05) is 6.54 Å². The van der Waals surface area contributed by atoms with Gasteiger partial charge in [-0.1, -0.05) is 34.6 Å². The lowest BCUT2D eigenvalue weighted by atomic mass is 9.97. The summed E-state index contributed by atoms with van der Waals surface area (Å²) in [5, 5.41) is 3.46. The van der Waals surface area contributed by atoms with Gasteiger partial charge in [-0.3, -0.25) is 0 Å². The van der Waals surface area contributed by atoms with E-state index in [1.807, 2.05) is 6.20 Å². The molecule has 0 aliphatic carbocycles. The first-order valence-electron chi connectivity index (χ1n) is 6.09. The van der Waals surface area contributed by atoms with Crippen molar-refractivity contribution >= 4 is 0 Å². The van der Waals surface area contributed by atoms with Crippen LogP contribution in [0.1, 0.15) is 40.4 Å². The van der Waals surface area contributed by atoms with Crippen molar-refractivity contribution in [1.29, 1.82) is 0 Å². The summed E-state index contributed by atoms with van der Waals surface area (Å²) in [6.45, 7) is 14.1. The van der Waals surface area contributed by atoms with E-state index in [2.05, 4.69) is 55.7 Å². The second kappa shape index (κ2) is 5.48. The Morgan fingerprint density at radius 3 is 2.62 bits per heavy atom. The summed E-state index contributed by atoms with van der Waals surface area (Å²) in [6.07, 6.45) is 3.95. The van der Waals surface area contributed by atoms with Gasteiger partial charge in [0.05, 0.1) is 6.54 Å². The van der Waals surface area contributed by atoms with Gasteiger partial charge in [-0.25, -0.2) is 4.98 Å². The lowest BCUT2D eigenvalue weighted by Crippen LogP contribution is -2.27. The van der Waals surface area contributed by atoms with Crippen molar-refractivity contribution in [3.8, 4) is 0 Å². The van der Waals surface area contributed by atoms with Gasteiger partial charge in [0.1, 0.15) is 5.82 Å². The molecular weight excluding hydrogens is 198 g/mol. The first kappa shape index (κ1) is 13.2. The topological polar surface area (TPSA) is 29.9 Å². The van der Waals surface area contributed by atoms with Crippen molar-refractivity contribution in [3.63, 3.8) is 0 Å². The number of hydrogen-bond donors (Lipinski definition) is 1. The quantitative estimate of drug-likeness (QED) is 0.831. The number of nitrogens with one attached hydrogen (secondary N) is 1. The molecule has 1 aromatic heterocycles. The van der Waals surface area contributed by atoms with Gasteiger partial charge in [-0.05, 0) is 11.3 Å². The number of aromatic nitrogens is 2. The van der Waals surface area contributed by atoms with E-state index in [9.17, 15) is 0 Å². The van der Waals surface area contributed by atoms with Crippen LogP contribution < -0.4 is 5.32 Å². The molecule has 0 saturated carbocycles. The van der Waals surface area contributed by atoms with Crippen molar-refractivity contribution in [2.45, 2.75) is 47.7 Å². The highest BCUT2D eigenvalue weighted by molar-refractivity contribution is 4.92. The summed E-state index contributed by atoms with van der Waals surface area (Å²) in [5.41, 5.74) is 0.329. The van der Waals surface area contributed by atoms with Gasteiger partial charge < -0.3 is 9.88 Å². The molecular formula is C13H25N3. The van der Waals surface area contributed by atoms with Crippen LogP contribution in [-0.2, 0) is 13.1 Å². The predicted octanol–water partition coefficient (Wildman–Crippen LogP) is 2.67. The molecule has 0 aliphatic rings. The zero-order valence-corrected chi connectivity index (χ0v) is 11.2. The van der Waals surface area contributed by atoms with E-state index >= 15 is 0 Å². The third kappa shape index (κ3) is 4.79. The molecule has 0 saturated heterocycles. The molecule has 3 heteroatoms. The van der Waals surface area contributed by atoms with Gasteiger partial charge in [0.15, 0.2) is 0 Å². The van der Waals surface area contributed by atoms with Crippen LogP contribution in [0.5, 0.6) is 0 Å². The minimum Gasteiger partial charge on any atom is -0.334 e. The third-order valence-electron chi connectivity index (χ3n) is 2.30. The standard InChI is InChI=1S/C13H25N3/c1-11(2)9-16-7-6-15-12(16)8-14-10-13(3,4)5/h6-7,11,14H,8-10H2,1-5H3. The molecule has 0 amide bonds. The molecule has 0 atom stereocenters. The van der Waals surface area contributed by atoms with Crippen molar-refractivity contribution < 1.29 is 0 Å². The average molecular weight is 223 g/mol. The lowest BCUT2D eigenvalue weighted by Gasteiger charge is -2.19. The fourth-order valence-electron chi connectivity index (χ4n) is 1.62. The van der Waals surface area contributed by atoms with Crippen LogP contribution in [0.3, 0.4) is 0 Å². The van der Waals surface area contributed by atoms with Gasteiger partial charge >= 0.3 is 0 Å². The Morgan fingerprint density at radius 1 is 1.38 bits per heavy atom. The molecule has 0 bridgehead atoms. The maximum atomic E-state index is 4.39. The monoisotopic (exact) mass is 223 g/mol. The van der Waals surface area contributed by atoms with Gasteiger partial charge in [-0.15, -0.1) is 0 Å². The first-order chi connectivity index (χ1) is 7.38. The highest BCUT2D eigenvalue weighted by atomic mass is 15.1. The highest BCUT2D eigenvalue weighted by Gasteiger charge is 2.10. The second-order valence-corrected chi connectivity index (χ2v) is 6.05. The van der Waals surface area contributed by atoms with Gasteiger partial charge in [0.2, 0.25) is 0 Å². The minimum atomic E-state index is 0.329. The molecule has 0 aromatic carbocycles. The van der Waals surface area contributed by atoms with E-state index in [-0.39, 0.29) is 0 Å². The Balaban J connectivity index is 2.45. The second-order valence-electron chi connectivity index (χ2n) is 6.05. The molecule has 1 rings (SSSR count). The van der Waals surface area contributed by atoms with Crippen LogP contribution in [0.15, 0.2) is 12.4 Å². The van der Waals surface area contributed by atoms with E-state index in [1.165, 1.54) is 0 Å². The average Bonchev–Trinajstić information content (AvgIpc) is 2.49. The van der Waals surface area contributed by atoms with Crippen LogP contribution in [0.2, 0.25) is 0 Å². The minimum absolute atomic E-state index is 0.329. The molecule has 0 aliphatic heterocycles. The third-order valence-corrected chi connectivity index (χ3v) is 2.30. The van der Waals surface area contributed by atoms with E-state index in [4.69, 9.17) is 0 Å². The van der Waals surface area contributed by atoms with E-state index in [0.717, 1.165) is 25.5 Å². The van der Waals surface area contributed by atoms with Crippen molar-refractivity contribution in [2.24, 2.45) is 11.3 Å². The first-order valence-corrected chi connectivity index (χ1v) is 6.09. The normalized spacial score (nSPS) is 12.4. The molecule has 1 aromatic rings. The van der Waals surface area contributed by atoms with Crippen LogP contribution >= 0.6 is 0 Å². The number of rotatable bonds is 5. The fraction of sp³-hybridized carbons (Fsp3) is 0.769. The molecule has 16 heavy (non-hydrogen) atoms. The van der Waals surface area contributed by atoms with Crippen molar-refractivity contribution in [3.05, 3.63) is 18.2 Å². The SMILES string of the molecule is CC(C)Cn1ccnc1CNCC(C)(C)C. The molecule has 1 N–H and O–H groups in total. The Hall–Kier alpha value is -0.830. The Kier molecular flexibility index (Phi) is 4.54. The molecule has 0 unspecified atom stereocenters.